The molecule has 0 unspecified atom stereocenters. The molecule has 1 N–H and O–H groups in total. The molecule has 108 valence electrons. The van der Waals surface area contributed by atoms with Crippen molar-refractivity contribution >= 4 is 0 Å². The number of methoxy groups -OCH3 is 1. The minimum absolute atomic E-state index is 0.103. The Morgan fingerprint density at radius 1 is 1.29 bits per heavy atom. The minimum Gasteiger partial charge on any atom is -0.495 e. The summed E-state index contributed by atoms with van der Waals surface area (Å²) < 4.78 is 5.24. The second-order valence-electron chi connectivity index (χ2n) is 5.18. The van der Waals surface area contributed by atoms with Gasteiger partial charge in [-0.25, -0.2) is 0 Å². The van der Waals surface area contributed by atoms with E-state index in [1.54, 1.807) is 24.5 Å². The zero-order valence-corrected chi connectivity index (χ0v) is 12.4. The van der Waals surface area contributed by atoms with Gasteiger partial charge in [0.05, 0.1) is 18.8 Å². The van der Waals surface area contributed by atoms with Crippen LogP contribution in [0.3, 0.4) is 0 Å². The molecule has 0 aliphatic carbocycles. The van der Waals surface area contributed by atoms with Crippen LogP contribution in [0.2, 0.25) is 0 Å². The first-order valence-corrected chi connectivity index (χ1v) is 6.79. The summed E-state index contributed by atoms with van der Waals surface area (Å²) in [6.45, 7) is 3.93. The molecule has 0 spiro atoms. The highest BCUT2D eigenvalue weighted by Gasteiger charge is 2.17. The molecule has 0 aliphatic heterocycles. The van der Waals surface area contributed by atoms with Gasteiger partial charge in [-0.05, 0) is 35.2 Å². The van der Waals surface area contributed by atoms with Crippen molar-refractivity contribution in [2.75, 3.05) is 7.11 Å². The fourth-order valence-corrected chi connectivity index (χ4v) is 2.21. The highest BCUT2D eigenvalue weighted by Crippen LogP contribution is 2.33. The number of ether oxygens (including phenoxy) is 1. The topological polar surface area (TPSA) is 66.1 Å². The third-order valence-corrected chi connectivity index (χ3v) is 3.44. The zero-order valence-electron chi connectivity index (χ0n) is 12.4. The maximum atomic E-state index is 10.4. The first-order valence-electron chi connectivity index (χ1n) is 6.79. The van der Waals surface area contributed by atoms with E-state index in [2.05, 4.69) is 11.1 Å². The summed E-state index contributed by atoms with van der Waals surface area (Å²) in [5.74, 6) is 0.621. The SMILES string of the molecule is COc1cc(-c2cnccc2[C@H](O)C(C)C)ccc1C#N. The first kappa shape index (κ1) is 15.0. The van der Waals surface area contributed by atoms with Gasteiger partial charge in [0, 0.05) is 18.0 Å². The lowest BCUT2D eigenvalue weighted by Gasteiger charge is -2.18. The largest absolute Gasteiger partial charge is 0.495 e. The van der Waals surface area contributed by atoms with Crippen LogP contribution in [0.5, 0.6) is 5.75 Å². The number of aromatic nitrogens is 1. The van der Waals surface area contributed by atoms with Crippen molar-refractivity contribution in [3.8, 4) is 22.9 Å². The van der Waals surface area contributed by atoms with Gasteiger partial charge in [0.15, 0.2) is 0 Å². The van der Waals surface area contributed by atoms with Crippen LogP contribution >= 0.6 is 0 Å². The summed E-state index contributed by atoms with van der Waals surface area (Å²) in [5, 5.41) is 19.4. The van der Waals surface area contributed by atoms with Crippen LogP contribution in [0.15, 0.2) is 36.7 Å². The number of hydrogen-bond donors (Lipinski definition) is 1. The summed E-state index contributed by atoms with van der Waals surface area (Å²) >= 11 is 0. The molecule has 1 heterocycles. The number of hydrogen-bond acceptors (Lipinski definition) is 4. The lowest BCUT2D eigenvalue weighted by Crippen LogP contribution is -2.07. The normalized spacial score (nSPS) is 12.0. The molecule has 4 heteroatoms. The van der Waals surface area contributed by atoms with Gasteiger partial charge in [0.1, 0.15) is 11.8 Å². The van der Waals surface area contributed by atoms with E-state index in [0.29, 0.717) is 11.3 Å². The summed E-state index contributed by atoms with van der Waals surface area (Å²) in [6, 6.07) is 9.27. The number of rotatable bonds is 4. The average Bonchev–Trinajstić information content (AvgIpc) is 2.53. The third kappa shape index (κ3) is 3.04. The molecule has 0 saturated carbocycles. The molecular weight excluding hydrogens is 264 g/mol. The van der Waals surface area contributed by atoms with E-state index in [0.717, 1.165) is 16.7 Å². The molecule has 21 heavy (non-hydrogen) atoms. The van der Waals surface area contributed by atoms with E-state index in [1.165, 1.54) is 7.11 Å². The molecule has 0 amide bonds. The van der Waals surface area contributed by atoms with Gasteiger partial charge in [0.2, 0.25) is 0 Å². The fraction of sp³-hybridized carbons (Fsp3) is 0.294. The van der Waals surface area contributed by atoms with Crippen LogP contribution < -0.4 is 4.74 Å². The summed E-state index contributed by atoms with van der Waals surface area (Å²) in [5.41, 5.74) is 3.03. The molecule has 2 aromatic rings. The average molecular weight is 282 g/mol. The lowest BCUT2D eigenvalue weighted by atomic mass is 9.92. The predicted molar refractivity (Wildman–Crippen MR) is 80.7 cm³/mol. The Labute approximate surface area is 124 Å². The molecule has 1 aromatic carbocycles. The van der Waals surface area contributed by atoms with Crippen molar-refractivity contribution in [3.63, 3.8) is 0 Å². The van der Waals surface area contributed by atoms with Crippen LogP contribution in [0.1, 0.15) is 31.1 Å². The predicted octanol–water partition coefficient (Wildman–Crippen LogP) is 3.32. The molecular formula is C17H18N2O2. The molecule has 0 aliphatic rings. The Balaban J connectivity index is 2.55. The number of benzene rings is 1. The Morgan fingerprint density at radius 2 is 2.05 bits per heavy atom. The number of nitriles is 1. The van der Waals surface area contributed by atoms with Crippen LogP contribution in [0, 0.1) is 17.2 Å². The summed E-state index contributed by atoms with van der Waals surface area (Å²) in [4.78, 5) is 4.14. The van der Waals surface area contributed by atoms with Crippen molar-refractivity contribution in [3.05, 3.63) is 47.8 Å². The van der Waals surface area contributed by atoms with Crippen LogP contribution in [-0.2, 0) is 0 Å². The maximum absolute atomic E-state index is 10.4. The second-order valence-corrected chi connectivity index (χ2v) is 5.18. The summed E-state index contributed by atoms with van der Waals surface area (Å²) in [7, 11) is 1.53. The number of nitrogens with zero attached hydrogens (tertiary/aromatic N) is 2. The quantitative estimate of drug-likeness (QED) is 0.934. The number of aliphatic hydroxyl groups excluding tert-OH is 1. The zero-order chi connectivity index (χ0) is 15.4. The molecule has 1 aromatic heterocycles. The van der Waals surface area contributed by atoms with Crippen LogP contribution in [0.4, 0.5) is 0 Å². The smallest absolute Gasteiger partial charge is 0.137 e. The molecule has 0 saturated heterocycles. The number of aliphatic hydroxyl groups is 1. The fourth-order valence-electron chi connectivity index (χ4n) is 2.21. The van der Waals surface area contributed by atoms with Gasteiger partial charge >= 0.3 is 0 Å². The van der Waals surface area contributed by atoms with Crippen molar-refractivity contribution in [2.45, 2.75) is 20.0 Å². The third-order valence-electron chi connectivity index (χ3n) is 3.44. The summed E-state index contributed by atoms with van der Waals surface area (Å²) in [6.07, 6.45) is 2.83. The van der Waals surface area contributed by atoms with Gasteiger partial charge in [-0.15, -0.1) is 0 Å². The van der Waals surface area contributed by atoms with E-state index >= 15 is 0 Å². The van der Waals surface area contributed by atoms with Gasteiger partial charge in [-0.2, -0.15) is 5.26 Å². The lowest BCUT2D eigenvalue weighted by molar-refractivity contribution is 0.127. The van der Waals surface area contributed by atoms with Crippen molar-refractivity contribution in [2.24, 2.45) is 5.92 Å². The Hall–Kier alpha value is -2.38. The van der Waals surface area contributed by atoms with Crippen molar-refractivity contribution in [1.29, 1.82) is 5.26 Å². The van der Waals surface area contributed by atoms with Crippen LogP contribution in [-0.4, -0.2) is 17.2 Å². The Morgan fingerprint density at radius 3 is 2.67 bits per heavy atom. The minimum atomic E-state index is -0.565. The maximum Gasteiger partial charge on any atom is 0.137 e. The van der Waals surface area contributed by atoms with Gasteiger partial charge in [0.25, 0.3) is 0 Å². The Kier molecular flexibility index (Phi) is 4.56. The van der Waals surface area contributed by atoms with Gasteiger partial charge in [-0.3, -0.25) is 4.98 Å². The standard InChI is InChI=1S/C17H18N2O2/c1-11(2)17(20)14-6-7-19-10-15(14)12-4-5-13(9-18)16(8-12)21-3/h4-8,10-11,17,20H,1-3H3/t17-/m1/s1. The molecule has 0 radical (unpaired) electrons. The van der Waals surface area contributed by atoms with Gasteiger partial charge < -0.3 is 9.84 Å². The highest BCUT2D eigenvalue weighted by molar-refractivity contribution is 5.70. The van der Waals surface area contributed by atoms with Gasteiger partial charge in [-0.1, -0.05) is 19.9 Å². The van der Waals surface area contributed by atoms with E-state index in [9.17, 15) is 5.11 Å². The van der Waals surface area contributed by atoms with E-state index < -0.39 is 6.10 Å². The first-order chi connectivity index (χ1) is 10.1. The second kappa shape index (κ2) is 6.38. The molecule has 0 fully saturated rings. The van der Waals surface area contributed by atoms with Crippen LogP contribution in [0.25, 0.3) is 11.1 Å². The van der Waals surface area contributed by atoms with Crippen molar-refractivity contribution < 1.29 is 9.84 Å². The molecule has 2 rings (SSSR count). The molecule has 1 atom stereocenters. The van der Waals surface area contributed by atoms with Crippen molar-refractivity contribution in [1.82, 2.24) is 4.98 Å². The van der Waals surface area contributed by atoms with E-state index in [1.807, 2.05) is 26.0 Å². The highest BCUT2D eigenvalue weighted by atomic mass is 16.5. The molecule has 0 bridgehead atoms. The monoisotopic (exact) mass is 282 g/mol. The Bertz CT molecular complexity index is 675. The van der Waals surface area contributed by atoms with E-state index in [4.69, 9.17) is 10.00 Å². The number of pyridine rings is 1. The van der Waals surface area contributed by atoms with E-state index in [-0.39, 0.29) is 5.92 Å². The molecule has 4 nitrogen and oxygen atoms in total.